The molecule has 162 valence electrons. The Labute approximate surface area is 169 Å². The Hall–Kier alpha value is -1.81. The average molecular weight is 433 g/mol. The van der Waals surface area contributed by atoms with Crippen LogP contribution in [0.4, 0.5) is 18.9 Å². The lowest BCUT2D eigenvalue weighted by molar-refractivity contribution is -0.137. The summed E-state index contributed by atoms with van der Waals surface area (Å²) in [5, 5.41) is 0. The molecule has 2 saturated heterocycles. The first kappa shape index (κ1) is 21.9. The lowest BCUT2D eigenvalue weighted by Crippen LogP contribution is -2.53. The lowest BCUT2D eigenvalue weighted by atomic mass is 9.97. The van der Waals surface area contributed by atoms with Gasteiger partial charge in [-0.15, -0.1) is 0 Å². The van der Waals surface area contributed by atoms with Crippen LogP contribution in [0.3, 0.4) is 0 Å². The molecule has 0 unspecified atom stereocenters. The summed E-state index contributed by atoms with van der Waals surface area (Å²) in [5.41, 5.74) is -0.197. The third-order valence-electron chi connectivity index (χ3n) is 5.62. The number of amides is 1. The Morgan fingerprint density at radius 2 is 1.83 bits per heavy atom. The minimum Gasteiger partial charge on any atom is -0.368 e. The second kappa shape index (κ2) is 8.51. The van der Waals surface area contributed by atoms with Crippen LogP contribution in [0.5, 0.6) is 0 Å². The SMILES string of the molecule is CCS(=O)(=O)N1CCC[C@@H](C(=O)N2CCN(c3cccc(C(F)(F)F)c3)CC2)C1. The molecule has 6 nitrogen and oxygen atoms in total. The molecule has 1 atom stereocenters. The van der Waals surface area contributed by atoms with Crippen molar-refractivity contribution in [2.75, 3.05) is 49.9 Å². The summed E-state index contributed by atoms with van der Waals surface area (Å²) in [4.78, 5) is 16.4. The summed E-state index contributed by atoms with van der Waals surface area (Å²) in [5.74, 6) is -0.404. The van der Waals surface area contributed by atoms with E-state index in [2.05, 4.69) is 0 Å². The molecule has 0 aromatic heterocycles. The molecule has 0 spiro atoms. The van der Waals surface area contributed by atoms with Crippen LogP contribution in [0, 0.1) is 5.92 Å². The molecular formula is C19H26F3N3O3S. The number of hydrogen-bond acceptors (Lipinski definition) is 4. The number of alkyl halides is 3. The molecule has 0 bridgehead atoms. The quantitative estimate of drug-likeness (QED) is 0.732. The van der Waals surface area contributed by atoms with Crippen molar-refractivity contribution in [1.29, 1.82) is 0 Å². The molecule has 10 heteroatoms. The number of hydrogen-bond donors (Lipinski definition) is 0. The van der Waals surface area contributed by atoms with Gasteiger partial charge in [-0.25, -0.2) is 12.7 Å². The third kappa shape index (κ3) is 5.03. The minimum absolute atomic E-state index is 0.0174. The van der Waals surface area contributed by atoms with Crippen LogP contribution in [0.15, 0.2) is 24.3 Å². The number of nitrogens with zero attached hydrogens (tertiary/aromatic N) is 3. The van der Waals surface area contributed by atoms with Gasteiger partial charge in [0.05, 0.1) is 17.2 Å². The first-order valence-electron chi connectivity index (χ1n) is 9.80. The van der Waals surface area contributed by atoms with E-state index >= 15 is 0 Å². The highest BCUT2D eigenvalue weighted by Gasteiger charge is 2.35. The van der Waals surface area contributed by atoms with Crippen molar-refractivity contribution >= 4 is 21.6 Å². The summed E-state index contributed by atoms with van der Waals surface area (Å²) in [6.45, 7) is 3.95. The number of rotatable bonds is 4. The highest BCUT2D eigenvalue weighted by atomic mass is 32.2. The van der Waals surface area contributed by atoms with Crippen LogP contribution in [-0.4, -0.2) is 68.6 Å². The molecule has 0 saturated carbocycles. The Kier molecular flexibility index (Phi) is 6.42. The molecule has 2 heterocycles. The van der Waals surface area contributed by atoms with Gasteiger partial charge in [-0.2, -0.15) is 13.2 Å². The van der Waals surface area contributed by atoms with E-state index in [9.17, 15) is 26.4 Å². The van der Waals surface area contributed by atoms with Gasteiger partial charge < -0.3 is 9.80 Å². The molecule has 1 aromatic rings. The molecule has 0 N–H and O–H groups in total. The summed E-state index contributed by atoms with van der Waals surface area (Å²) >= 11 is 0. The fourth-order valence-electron chi connectivity index (χ4n) is 3.90. The zero-order valence-electron chi connectivity index (χ0n) is 16.4. The van der Waals surface area contributed by atoms with Crippen molar-refractivity contribution < 1.29 is 26.4 Å². The Balaban J connectivity index is 1.60. The summed E-state index contributed by atoms with van der Waals surface area (Å²) in [6, 6.07) is 5.20. The predicted octanol–water partition coefficient (Wildman–Crippen LogP) is 2.42. The maximum atomic E-state index is 12.9. The molecule has 29 heavy (non-hydrogen) atoms. The molecule has 2 aliphatic rings. The van der Waals surface area contributed by atoms with Gasteiger partial charge in [0.15, 0.2) is 0 Å². The van der Waals surface area contributed by atoms with Crippen LogP contribution in [-0.2, 0) is 21.0 Å². The molecule has 1 aromatic carbocycles. The molecule has 2 aliphatic heterocycles. The van der Waals surface area contributed by atoms with Crippen LogP contribution in [0.2, 0.25) is 0 Å². The van der Waals surface area contributed by atoms with Crippen LogP contribution in [0.25, 0.3) is 0 Å². The second-order valence-corrected chi connectivity index (χ2v) is 9.72. The molecule has 0 aliphatic carbocycles. The van der Waals surface area contributed by atoms with Crippen LogP contribution in [0.1, 0.15) is 25.3 Å². The van der Waals surface area contributed by atoms with Gasteiger partial charge in [-0.3, -0.25) is 4.79 Å². The number of anilines is 1. The number of sulfonamides is 1. The Morgan fingerprint density at radius 3 is 2.45 bits per heavy atom. The predicted molar refractivity (Wildman–Crippen MR) is 104 cm³/mol. The van der Waals surface area contributed by atoms with E-state index in [0.717, 1.165) is 12.1 Å². The normalized spacial score (nSPS) is 22.0. The van der Waals surface area contributed by atoms with E-state index in [1.165, 1.54) is 10.4 Å². The highest BCUT2D eigenvalue weighted by Crippen LogP contribution is 2.32. The van der Waals surface area contributed by atoms with E-state index in [1.807, 2.05) is 4.90 Å². The monoisotopic (exact) mass is 433 g/mol. The summed E-state index contributed by atoms with van der Waals surface area (Å²) < 4.78 is 64.4. The zero-order chi connectivity index (χ0) is 21.2. The number of piperazine rings is 1. The molecule has 3 rings (SSSR count). The summed E-state index contributed by atoms with van der Waals surface area (Å²) in [7, 11) is -3.32. The van der Waals surface area contributed by atoms with Crippen molar-refractivity contribution in [2.24, 2.45) is 5.92 Å². The van der Waals surface area contributed by atoms with Crippen molar-refractivity contribution in [2.45, 2.75) is 25.9 Å². The molecular weight excluding hydrogens is 407 g/mol. The van der Waals surface area contributed by atoms with Crippen molar-refractivity contribution in [3.05, 3.63) is 29.8 Å². The number of halogens is 3. The van der Waals surface area contributed by atoms with Crippen molar-refractivity contribution in [1.82, 2.24) is 9.21 Å². The van der Waals surface area contributed by atoms with E-state index in [4.69, 9.17) is 0 Å². The zero-order valence-corrected chi connectivity index (χ0v) is 17.2. The van der Waals surface area contributed by atoms with E-state index in [1.54, 1.807) is 17.9 Å². The molecule has 0 radical (unpaired) electrons. The van der Waals surface area contributed by atoms with Crippen molar-refractivity contribution in [3.8, 4) is 0 Å². The van der Waals surface area contributed by atoms with E-state index in [-0.39, 0.29) is 24.1 Å². The van der Waals surface area contributed by atoms with Crippen molar-refractivity contribution in [3.63, 3.8) is 0 Å². The van der Waals surface area contributed by atoms with Gasteiger partial charge in [0.2, 0.25) is 15.9 Å². The Morgan fingerprint density at radius 1 is 1.14 bits per heavy atom. The number of carbonyl (C=O) groups excluding carboxylic acids is 1. The Bertz CT molecular complexity index is 837. The van der Waals surface area contributed by atoms with Crippen LogP contribution < -0.4 is 4.90 Å². The lowest BCUT2D eigenvalue weighted by Gasteiger charge is -2.39. The van der Waals surface area contributed by atoms with Gasteiger partial charge in [0.1, 0.15) is 0 Å². The fourth-order valence-corrected chi connectivity index (χ4v) is 5.08. The van der Waals surface area contributed by atoms with E-state index < -0.39 is 21.8 Å². The van der Waals surface area contributed by atoms with Gasteiger partial charge >= 0.3 is 6.18 Å². The first-order valence-corrected chi connectivity index (χ1v) is 11.4. The number of carbonyl (C=O) groups is 1. The standard InChI is InChI=1S/C19H26F3N3O3S/c1-2-29(27,28)25-8-4-5-15(14-25)18(26)24-11-9-23(10-12-24)17-7-3-6-16(13-17)19(20,21)22/h3,6-7,13,15H,2,4-5,8-12,14H2,1H3/t15-/m1/s1. The topological polar surface area (TPSA) is 60.9 Å². The largest absolute Gasteiger partial charge is 0.416 e. The van der Waals surface area contributed by atoms with Gasteiger partial charge in [-0.1, -0.05) is 6.07 Å². The van der Waals surface area contributed by atoms with Gasteiger partial charge in [0.25, 0.3) is 0 Å². The third-order valence-corrected chi connectivity index (χ3v) is 7.47. The number of benzene rings is 1. The number of piperidine rings is 1. The van der Waals surface area contributed by atoms with Crippen LogP contribution >= 0.6 is 0 Å². The van der Waals surface area contributed by atoms with Gasteiger partial charge in [-0.05, 0) is 38.0 Å². The average Bonchev–Trinajstić information content (AvgIpc) is 2.73. The molecule has 1 amide bonds. The maximum Gasteiger partial charge on any atom is 0.416 e. The highest BCUT2D eigenvalue weighted by molar-refractivity contribution is 7.89. The maximum absolute atomic E-state index is 12.9. The second-order valence-electron chi connectivity index (χ2n) is 7.46. The fraction of sp³-hybridized carbons (Fsp3) is 0.632. The van der Waals surface area contributed by atoms with Gasteiger partial charge in [0, 0.05) is 45.0 Å². The smallest absolute Gasteiger partial charge is 0.368 e. The van der Waals surface area contributed by atoms with E-state index in [0.29, 0.717) is 51.3 Å². The first-order chi connectivity index (χ1) is 13.6. The molecule has 2 fully saturated rings. The summed E-state index contributed by atoms with van der Waals surface area (Å²) in [6.07, 6.45) is -3.08. The minimum atomic E-state index is -4.39.